The van der Waals surface area contributed by atoms with E-state index in [1.165, 1.54) is 28.8 Å². The van der Waals surface area contributed by atoms with E-state index in [2.05, 4.69) is 6.92 Å². The third-order valence-electron chi connectivity index (χ3n) is 4.56. The summed E-state index contributed by atoms with van der Waals surface area (Å²) >= 11 is 6.54. The molecule has 1 saturated heterocycles. The highest BCUT2D eigenvalue weighted by molar-refractivity contribution is 8.27. The molecule has 2 aliphatic rings. The van der Waals surface area contributed by atoms with Gasteiger partial charge in [0.2, 0.25) is 0 Å². The molecule has 5 nitrogen and oxygen atoms in total. The van der Waals surface area contributed by atoms with Crippen molar-refractivity contribution in [2.75, 3.05) is 4.90 Å². The molecule has 2 heterocycles. The minimum Gasteiger partial charge on any atom is -0.478 e. The van der Waals surface area contributed by atoms with Crippen LogP contribution in [0.15, 0.2) is 45.7 Å². The summed E-state index contributed by atoms with van der Waals surface area (Å²) in [5.74, 6) is 1.49. The summed E-state index contributed by atoms with van der Waals surface area (Å²) in [6.45, 7) is 2.19. The van der Waals surface area contributed by atoms with Gasteiger partial charge in [-0.15, -0.1) is 0 Å². The molecule has 26 heavy (non-hydrogen) atoms. The zero-order valence-corrected chi connectivity index (χ0v) is 15.5. The maximum absolute atomic E-state index is 12.7. The molecule has 1 aliphatic carbocycles. The summed E-state index contributed by atoms with van der Waals surface area (Å²) < 4.78 is 6.25. The Kier molecular flexibility index (Phi) is 4.20. The lowest BCUT2D eigenvalue weighted by molar-refractivity contribution is -0.113. The van der Waals surface area contributed by atoms with Gasteiger partial charge in [-0.2, -0.15) is 0 Å². The molecule has 1 aliphatic heterocycles. The number of thioether (sulfide) groups is 1. The molecule has 2 aromatic rings. The molecule has 1 aromatic heterocycles. The number of carboxylic acid groups (broad SMARTS) is 1. The molecule has 1 saturated carbocycles. The van der Waals surface area contributed by atoms with Gasteiger partial charge in [-0.25, -0.2) is 4.79 Å². The first-order valence-corrected chi connectivity index (χ1v) is 9.37. The van der Waals surface area contributed by atoms with Gasteiger partial charge in [-0.3, -0.25) is 9.69 Å². The van der Waals surface area contributed by atoms with E-state index in [9.17, 15) is 9.59 Å². The number of rotatable bonds is 4. The molecule has 4 rings (SSSR count). The largest absolute Gasteiger partial charge is 0.478 e. The highest BCUT2D eigenvalue weighted by Gasteiger charge is 2.37. The van der Waals surface area contributed by atoms with Crippen LogP contribution in [0.1, 0.15) is 41.1 Å². The van der Waals surface area contributed by atoms with Crippen LogP contribution in [0.2, 0.25) is 0 Å². The van der Waals surface area contributed by atoms with Crippen LogP contribution in [0, 0.1) is 5.92 Å². The van der Waals surface area contributed by atoms with Gasteiger partial charge < -0.3 is 9.52 Å². The van der Waals surface area contributed by atoms with E-state index in [1.54, 1.807) is 18.2 Å². The number of carboxylic acids is 1. The Hall–Kier alpha value is -2.38. The molecule has 7 heteroatoms. The minimum absolute atomic E-state index is 0.159. The predicted octanol–water partition coefficient (Wildman–Crippen LogP) is 4.51. The molecule has 1 amide bonds. The first-order valence-electron chi connectivity index (χ1n) is 8.15. The Morgan fingerprint density at radius 2 is 2.00 bits per heavy atom. The van der Waals surface area contributed by atoms with Crippen molar-refractivity contribution in [1.29, 1.82) is 0 Å². The van der Waals surface area contributed by atoms with E-state index in [0.29, 0.717) is 32.5 Å². The Morgan fingerprint density at radius 1 is 1.31 bits per heavy atom. The first-order chi connectivity index (χ1) is 12.4. The summed E-state index contributed by atoms with van der Waals surface area (Å²) in [5, 5.41) is 8.98. The number of benzene rings is 1. The average molecular weight is 385 g/mol. The van der Waals surface area contributed by atoms with Crippen molar-refractivity contribution >= 4 is 51.9 Å². The van der Waals surface area contributed by atoms with Gasteiger partial charge in [0.25, 0.3) is 5.91 Å². The van der Waals surface area contributed by atoms with Crippen LogP contribution in [0.3, 0.4) is 0 Å². The lowest BCUT2D eigenvalue weighted by Crippen LogP contribution is -2.27. The molecule has 0 unspecified atom stereocenters. The third-order valence-corrected chi connectivity index (χ3v) is 5.86. The molecule has 0 spiro atoms. The summed E-state index contributed by atoms with van der Waals surface area (Å²) in [4.78, 5) is 25.6. The summed E-state index contributed by atoms with van der Waals surface area (Å²) in [7, 11) is 0. The third kappa shape index (κ3) is 3.08. The molecule has 132 valence electrons. The van der Waals surface area contributed by atoms with E-state index in [4.69, 9.17) is 21.7 Å². The molecule has 0 bridgehead atoms. The Bertz CT molecular complexity index is 945. The molecule has 1 aromatic carbocycles. The number of nitrogens with zero attached hydrogens (tertiary/aromatic N) is 1. The van der Waals surface area contributed by atoms with Gasteiger partial charge in [0, 0.05) is 12.0 Å². The maximum Gasteiger partial charge on any atom is 0.335 e. The van der Waals surface area contributed by atoms with Gasteiger partial charge in [0.15, 0.2) is 4.32 Å². The Morgan fingerprint density at radius 3 is 2.62 bits per heavy atom. The number of carbonyl (C=O) groups is 2. The van der Waals surface area contributed by atoms with Gasteiger partial charge in [-0.1, -0.05) is 30.9 Å². The van der Waals surface area contributed by atoms with Crippen LogP contribution in [-0.2, 0) is 4.79 Å². The monoisotopic (exact) mass is 385 g/mol. The topological polar surface area (TPSA) is 70.8 Å². The quantitative estimate of drug-likeness (QED) is 0.617. The van der Waals surface area contributed by atoms with Crippen LogP contribution in [0.5, 0.6) is 0 Å². The van der Waals surface area contributed by atoms with E-state index in [1.807, 2.05) is 12.1 Å². The van der Waals surface area contributed by atoms with Gasteiger partial charge in [-0.05, 0) is 48.7 Å². The standard InChI is InChI=1S/C19H15NO4S2/c1-10-8-14(10)15-7-6-13(24-15)9-16-17(21)20(19(25)26-16)12-4-2-11(3-5-12)18(22)23/h2-7,9-10,14H,8H2,1H3,(H,22,23)/b16-9-/t10-,14-/m1/s1. The van der Waals surface area contributed by atoms with Crippen molar-refractivity contribution in [3.05, 3.63) is 58.4 Å². The van der Waals surface area contributed by atoms with Crippen molar-refractivity contribution < 1.29 is 19.1 Å². The van der Waals surface area contributed by atoms with Gasteiger partial charge >= 0.3 is 5.97 Å². The zero-order chi connectivity index (χ0) is 18.4. The highest BCUT2D eigenvalue weighted by Crippen LogP contribution is 2.47. The number of aromatic carboxylic acids is 1. The number of hydrogen-bond acceptors (Lipinski definition) is 5. The number of amides is 1. The van der Waals surface area contributed by atoms with Crippen molar-refractivity contribution in [3.8, 4) is 0 Å². The second-order valence-corrected chi connectivity index (χ2v) is 8.10. The fourth-order valence-electron chi connectivity index (χ4n) is 2.94. The average Bonchev–Trinajstić information content (AvgIpc) is 3.04. The van der Waals surface area contributed by atoms with E-state index in [-0.39, 0.29) is 11.5 Å². The van der Waals surface area contributed by atoms with E-state index >= 15 is 0 Å². The minimum atomic E-state index is -1.01. The van der Waals surface area contributed by atoms with Crippen LogP contribution < -0.4 is 4.90 Å². The Balaban J connectivity index is 1.56. The zero-order valence-electron chi connectivity index (χ0n) is 13.8. The molecule has 2 atom stereocenters. The first kappa shape index (κ1) is 17.1. The second kappa shape index (κ2) is 6.41. The smallest absolute Gasteiger partial charge is 0.335 e. The van der Waals surface area contributed by atoms with Crippen molar-refractivity contribution in [2.24, 2.45) is 5.92 Å². The van der Waals surface area contributed by atoms with Crippen LogP contribution >= 0.6 is 24.0 Å². The number of anilines is 1. The van der Waals surface area contributed by atoms with Crippen molar-refractivity contribution in [1.82, 2.24) is 0 Å². The number of furan rings is 1. The SMILES string of the molecule is C[C@@H]1C[C@H]1c1ccc(/C=C2\SC(=S)N(c3ccc(C(=O)O)cc3)C2=O)o1. The second-order valence-electron chi connectivity index (χ2n) is 6.43. The van der Waals surface area contributed by atoms with Gasteiger partial charge in [0.1, 0.15) is 11.5 Å². The van der Waals surface area contributed by atoms with E-state index in [0.717, 1.165) is 12.2 Å². The Labute approximate surface area is 159 Å². The molecule has 1 N–H and O–H groups in total. The maximum atomic E-state index is 12.7. The molecule has 0 radical (unpaired) electrons. The summed E-state index contributed by atoms with van der Waals surface area (Å²) in [6.07, 6.45) is 2.85. The van der Waals surface area contributed by atoms with Crippen LogP contribution in [0.4, 0.5) is 5.69 Å². The number of carbonyl (C=O) groups excluding carboxylic acids is 1. The highest BCUT2D eigenvalue weighted by atomic mass is 32.2. The fourth-order valence-corrected chi connectivity index (χ4v) is 4.22. The van der Waals surface area contributed by atoms with Gasteiger partial charge in [0.05, 0.1) is 16.2 Å². The lowest BCUT2D eigenvalue weighted by Gasteiger charge is -2.14. The van der Waals surface area contributed by atoms with Crippen LogP contribution in [-0.4, -0.2) is 21.3 Å². The molecular formula is C19H15NO4S2. The summed E-state index contributed by atoms with van der Waals surface area (Å²) in [6, 6.07) is 9.90. The number of hydrogen-bond donors (Lipinski definition) is 1. The number of thiocarbonyl (C=S) groups is 1. The fraction of sp³-hybridized carbons (Fsp3) is 0.211. The molecule has 2 fully saturated rings. The van der Waals surface area contributed by atoms with Crippen LogP contribution in [0.25, 0.3) is 6.08 Å². The van der Waals surface area contributed by atoms with E-state index < -0.39 is 5.97 Å². The summed E-state index contributed by atoms with van der Waals surface area (Å²) in [5.41, 5.74) is 0.708. The molecular weight excluding hydrogens is 370 g/mol. The predicted molar refractivity (Wildman–Crippen MR) is 104 cm³/mol. The van der Waals surface area contributed by atoms with Crippen molar-refractivity contribution in [3.63, 3.8) is 0 Å². The van der Waals surface area contributed by atoms with Crippen molar-refractivity contribution in [2.45, 2.75) is 19.3 Å². The normalized spacial score (nSPS) is 23.7. The lowest BCUT2D eigenvalue weighted by atomic mass is 10.2.